The normalized spacial score (nSPS) is 10.5. The second-order valence-electron chi connectivity index (χ2n) is 6.07. The van der Waals surface area contributed by atoms with Crippen molar-refractivity contribution in [3.05, 3.63) is 90.3 Å². The van der Waals surface area contributed by atoms with E-state index in [2.05, 4.69) is 33.8 Å². The number of nitrogens with zero attached hydrogens (tertiary/aromatic N) is 1. The average molecular weight is 347 g/mol. The predicted molar refractivity (Wildman–Crippen MR) is 106 cm³/mol. The lowest BCUT2D eigenvalue weighted by atomic mass is 10.2. The number of pyridine rings is 1. The molecule has 0 unspecified atom stereocenters. The first-order valence-electron chi connectivity index (χ1n) is 9.01. The van der Waals surface area contributed by atoms with Gasteiger partial charge in [0.25, 0.3) is 0 Å². The molecule has 0 fully saturated rings. The minimum atomic E-state index is 0.556. The van der Waals surface area contributed by atoms with E-state index in [4.69, 9.17) is 4.74 Å². The highest BCUT2D eigenvalue weighted by molar-refractivity contribution is 5.42. The summed E-state index contributed by atoms with van der Waals surface area (Å²) in [5.74, 6) is 0.930. The SMILES string of the molecule is c1ccc(NCCCNCc2ccccc2OCc2ccncc2)cc1. The van der Waals surface area contributed by atoms with Gasteiger partial charge in [-0.3, -0.25) is 4.98 Å². The van der Waals surface area contributed by atoms with Gasteiger partial charge in [-0.2, -0.15) is 0 Å². The van der Waals surface area contributed by atoms with Gasteiger partial charge >= 0.3 is 0 Å². The van der Waals surface area contributed by atoms with E-state index in [0.29, 0.717) is 6.61 Å². The third kappa shape index (κ3) is 5.90. The largest absolute Gasteiger partial charge is 0.489 e. The van der Waals surface area contributed by atoms with E-state index >= 15 is 0 Å². The number of rotatable bonds is 10. The molecule has 1 aromatic heterocycles. The Morgan fingerprint density at radius 3 is 2.42 bits per heavy atom. The second kappa shape index (κ2) is 10.2. The van der Waals surface area contributed by atoms with Gasteiger partial charge in [-0.1, -0.05) is 36.4 Å². The van der Waals surface area contributed by atoms with E-state index in [9.17, 15) is 0 Å². The first-order chi connectivity index (χ1) is 12.9. The van der Waals surface area contributed by atoms with Gasteiger partial charge in [-0.05, 0) is 48.9 Å². The molecule has 0 amide bonds. The fourth-order valence-electron chi connectivity index (χ4n) is 2.66. The third-order valence-electron chi connectivity index (χ3n) is 4.06. The number of ether oxygens (including phenoxy) is 1. The lowest BCUT2D eigenvalue weighted by molar-refractivity contribution is 0.302. The number of anilines is 1. The standard InChI is InChI=1S/C22H25N3O/c1-2-8-21(9-3-1)25-14-6-13-24-17-20-7-4-5-10-22(20)26-18-19-11-15-23-16-12-19/h1-5,7-12,15-16,24-25H,6,13-14,17-18H2. The minimum absolute atomic E-state index is 0.556. The summed E-state index contributed by atoms with van der Waals surface area (Å²) < 4.78 is 5.98. The summed E-state index contributed by atoms with van der Waals surface area (Å²) >= 11 is 0. The number of hydrogen-bond donors (Lipinski definition) is 2. The van der Waals surface area contributed by atoms with Crippen LogP contribution in [0.4, 0.5) is 5.69 Å². The van der Waals surface area contributed by atoms with Crippen molar-refractivity contribution < 1.29 is 4.74 Å². The van der Waals surface area contributed by atoms with E-state index in [1.165, 1.54) is 11.3 Å². The summed E-state index contributed by atoms with van der Waals surface area (Å²) in [6.07, 6.45) is 4.64. The van der Waals surface area contributed by atoms with Crippen molar-refractivity contribution >= 4 is 5.69 Å². The fraction of sp³-hybridized carbons (Fsp3) is 0.227. The molecule has 0 aliphatic rings. The Kier molecular flexibility index (Phi) is 7.05. The van der Waals surface area contributed by atoms with Crippen molar-refractivity contribution in [1.29, 1.82) is 0 Å². The first kappa shape index (κ1) is 18.0. The maximum absolute atomic E-state index is 5.98. The number of benzene rings is 2. The molecule has 0 saturated carbocycles. The van der Waals surface area contributed by atoms with E-state index in [-0.39, 0.29) is 0 Å². The molecule has 26 heavy (non-hydrogen) atoms. The van der Waals surface area contributed by atoms with Gasteiger partial charge in [-0.25, -0.2) is 0 Å². The van der Waals surface area contributed by atoms with Gasteiger partial charge in [0.15, 0.2) is 0 Å². The van der Waals surface area contributed by atoms with Crippen LogP contribution in [0.3, 0.4) is 0 Å². The third-order valence-corrected chi connectivity index (χ3v) is 4.06. The highest BCUT2D eigenvalue weighted by Gasteiger charge is 2.03. The van der Waals surface area contributed by atoms with Crippen molar-refractivity contribution in [3.63, 3.8) is 0 Å². The number of para-hydroxylation sites is 2. The van der Waals surface area contributed by atoms with Gasteiger partial charge in [0.2, 0.25) is 0 Å². The Labute approximate surface area is 155 Å². The molecule has 2 aromatic carbocycles. The van der Waals surface area contributed by atoms with Crippen LogP contribution in [0, 0.1) is 0 Å². The van der Waals surface area contributed by atoms with Crippen LogP contribution in [0.1, 0.15) is 17.5 Å². The summed E-state index contributed by atoms with van der Waals surface area (Å²) in [4.78, 5) is 4.03. The van der Waals surface area contributed by atoms with E-state index in [0.717, 1.165) is 37.4 Å². The molecule has 0 aliphatic heterocycles. The van der Waals surface area contributed by atoms with E-state index < -0.39 is 0 Å². The van der Waals surface area contributed by atoms with Crippen LogP contribution >= 0.6 is 0 Å². The molecule has 4 heteroatoms. The Bertz CT molecular complexity index is 763. The van der Waals surface area contributed by atoms with Gasteiger partial charge in [-0.15, -0.1) is 0 Å². The predicted octanol–water partition coefficient (Wildman–Crippen LogP) is 4.25. The summed E-state index contributed by atoms with van der Waals surface area (Å²) in [5.41, 5.74) is 3.47. The van der Waals surface area contributed by atoms with E-state index in [1.807, 2.05) is 48.5 Å². The fourth-order valence-corrected chi connectivity index (χ4v) is 2.66. The van der Waals surface area contributed by atoms with Gasteiger partial charge in [0, 0.05) is 36.7 Å². The number of hydrogen-bond acceptors (Lipinski definition) is 4. The maximum atomic E-state index is 5.98. The zero-order chi connectivity index (χ0) is 17.9. The molecule has 3 rings (SSSR count). The second-order valence-corrected chi connectivity index (χ2v) is 6.07. The van der Waals surface area contributed by atoms with Crippen molar-refractivity contribution in [1.82, 2.24) is 10.3 Å². The van der Waals surface area contributed by atoms with E-state index in [1.54, 1.807) is 12.4 Å². The van der Waals surface area contributed by atoms with Crippen molar-refractivity contribution in [2.45, 2.75) is 19.6 Å². The van der Waals surface area contributed by atoms with Crippen LogP contribution in [0.25, 0.3) is 0 Å². The molecule has 4 nitrogen and oxygen atoms in total. The molecule has 0 bridgehead atoms. The minimum Gasteiger partial charge on any atom is -0.489 e. The number of aromatic nitrogens is 1. The highest BCUT2D eigenvalue weighted by Crippen LogP contribution is 2.19. The summed E-state index contributed by atoms with van der Waals surface area (Å²) in [5, 5.41) is 6.92. The Morgan fingerprint density at radius 1 is 0.808 bits per heavy atom. The Hall–Kier alpha value is -2.85. The summed E-state index contributed by atoms with van der Waals surface area (Å²) in [6, 6.07) is 22.4. The molecular weight excluding hydrogens is 322 g/mol. The van der Waals surface area contributed by atoms with Gasteiger partial charge in [0.05, 0.1) is 0 Å². The van der Waals surface area contributed by atoms with Crippen LogP contribution in [-0.2, 0) is 13.2 Å². The molecule has 134 valence electrons. The summed E-state index contributed by atoms with van der Waals surface area (Å²) in [6.45, 7) is 3.27. The molecule has 0 spiro atoms. The van der Waals surface area contributed by atoms with Gasteiger partial charge < -0.3 is 15.4 Å². The van der Waals surface area contributed by atoms with Crippen LogP contribution in [-0.4, -0.2) is 18.1 Å². The van der Waals surface area contributed by atoms with Crippen LogP contribution in [0.5, 0.6) is 5.75 Å². The number of nitrogens with one attached hydrogen (secondary N) is 2. The molecule has 0 radical (unpaired) electrons. The lowest BCUT2D eigenvalue weighted by Crippen LogP contribution is -2.18. The van der Waals surface area contributed by atoms with Crippen molar-refractivity contribution in [3.8, 4) is 5.75 Å². The average Bonchev–Trinajstić information content (AvgIpc) is 2.71. The Morgan fingerprint density at radius 2 is 1.58 bits per heavy atom. The lowest BCUT2D eigenvalue weighted by Gasteiger charge is -2.12. The zero-order valence-electron chi connectivity index (χ0n) is 14.9. The molecule has 0 saturated heterocycles. The van der Waals surface area contributed by atoms with Crippen LogP contribution in [0.2, 0.25) is 0 Å². The molecule has 2 N–H and O–H groups in total. The van der Waals surface area contributed by atoms with Crippen molar-refractivity contribution in [2.24, 2.45) is 0 Å². The first-order valence-corrected chi connectivity index (χ1v) is 9.01. The van der Waals surface area contributed by atoms with Crippen LogP contribution < -0.4 is 15.4 Å². The topological polar surface area (TPSA) is 46.2 Å². The maximum Gasteiger partial charge on any atom is 0.124 e. The highest BCUT2D eigenvalue weighted by atomic mass is 16.5. The smallest absolute Gasteiger partial charge is 0.124 e. The molecular formula is C22H25N3O. The monoisotopic (exact) mass is 347 g/mol. The molecule has 1 heterocycles. The quantitative estimate of drug-likeness (QED) is 0.538. The van der Waals surface area contributed by atoms with Crippen LogP contribution in [0.15, 0.2) is 79.1 Å². The molecule has 0 atom stereocenters. The van der Waals surface area contributed by atoms with Gasteiger partial charge in [0.1, 0.15) is 12.4 Å². The zero-order valence-corrected chi connectivity index (χ0v) is 14.9. The molecule has 0 aliphatic carbocycles. The Balaban J connectivity index is 1.39. The molecule has 3 aromatic rings. The summed E-state index contributed by atoms with van der Waals surface area (Å²) in [7, 11) is 0. The van der Waals surface area contributed by atoms with Crippen molar-refractivity contribution in [2.75, 3.05) is 18.4 Å².